The second-order valence-corrected chi connectivity index (χ2v) is 6.94. The van der Waals surface area contributed by atoms with Gasteiger partial charge in [0.15, 0.2) is 0 Å². The second kappa shape index (κ2) is 6.93. The average Bonchev–Trinajstić information content (AvgIpc) is 2.58. The summed E-state index contributed by atoms with van der Waals surface area (Å²) in [5, 5.41) is 0. The molecule has 0 aromatic heterocycles. The van der Waals surface area contributed by atoms with Gasteiger partial charge in [0.1, 0.15) is 11.4 Å². The molecule has 0 bridgehead atoms. The summed E-state index contributed by atoms with van der Waals surface area (Å²) in [4.78, 5) is 1.15. The molecule has 2 nitrogen and oxygen atoms in total. The SMILES string of the molecule is COc1ccc(CSc2ccc([C@]3(F)C[C@H](OC)C3)cc2)cc1. The Kier molecular flexibility index (Phi) is 4.93. The van der Waals surface area contributed by atoms with E-state index in [9.17, 15) is 4.39 Å². The fraction of sp³-hybridized carbons (Fsp3) is 0.368. The number of benzene rings is 2. The van der Waals surface area contributed by atoms with Crippen LogP contribution >= 0.6 is 11.8 Å². The fourth-order valence-electron chi connectivity index (χ4n) is 2.80. The van der Waals surface area contributed by atoms with Crippen molar-refractivity contribution in [3.63, 3.8) is 0 Å². The minimum atomic E-state index is -1.21. The Labute approximate surface area is 141 Å². The summed E-state index contributed by atoms with van der Waals surface area (Å²) in [7, 11) is 3.31. The van der Waals surface area contributed by atoms with Gasteiger partial charge in [0.2, 0.25) is 0 Å². The molecule has 122 valence electrons. The van der Waals surface area contributed by atoms with Crippen molar-refractivity contribution >= 4 is 11.8 Å². The molecular weight excluding hydrogens is 311 g/mol. The highest BCUT2D eigenvalue weighted by atomic mass is 32.2. The van der Waals surface area contributed by atoms with Gasteiger partial charge in [0.05, 0.1) is 13.2 Å². The number of methoxy groups -OCH3 is 2. The molecule has 1 aliphatic carbocycles. The van der Waals surface area contributed by atoms with Gasteiger partial charge in [0, 0.05) is 30.6 Å². The van der Waals surface area contributed by atoms with E-state index in [1.54, 1.807) is 26.0 Å². The Morgan fingerprint density at radius 2 is 1.70 bits per heavy atom. The molecule has 0 atom stereocenters. The third-order valence-electron chi connectivity index (χ3n) is 4.37. The summed E-state index contributed by atoms with van der Waals surface area (Å²) in [5.74, 6) is 1.75. The first-order valence-corrected chi connectivity index (χ1v) is 8.69. The number of hydrogen-bond acceptors (Lipinski definition) is 3. The van der Waals surface area contributed by atoms with Crippen molar-refractivity contribution in [1.29, 1.82) is 0 Å². The zero-order chi connectivity index (χ0) is 16.3. The van der Waals surface area contributed by atoms with Crippen LogP contribution in [0.25, 0.3) is 0 Å². The maximum Gasteiger partial charge on any atom is 0.140 e. The van der Waals surface area contributed by atoms with Crippen LogP contribution in [0.4, 0.5) is 4.39 Å². The number of ether oxygens (including phenoxy) is 2. The maximum atomic E-state index is 14.6. The minimum absolute atomic E-state index is 0.0594. The Morgan fingerprint density at radius 3 is 2.26 bits per heavy atom. The van der Waals surface area contributed by atoms with E-state index in [0.717, 1.165) is 22.0 Å². The molecular formula is C19H21FO2S. The van der Waals surface area contributed by atoms with E-state index in [-0.39, 0.29) is 6.10 Å². The molecule has 2 aromatic carbocycles. The van der Waals surface area contributed by atoms with Crippen molar-refractivity contribution in [3.8, 4) is 5.75 Å². The lowest BCUT2D eigenvalue weighted by atomic mass is 9.74. The van der Waals surface area contributed by atoms with Crippen LogP contribution in [0.15, 0.2) is 53.4 Å². The van der Waals surface area contributed by atoms with E-state index in [1.165, 1.54) is 5.56 Å². The molecule has 1 saturated carbocycles. The number of thioether (sulfide) groups is 1. The van der Waals surface area contributed by atoms with Crippen LogP contribution in [0.2, 0.25) is 0 Å². The minimum Gasteiger partial charge on any atom is -0.497 e. The quantitative estimate of drug-likeness (QED) is 0.697. The van der Waals surface area contributed by atoms with Crippen LogP contribution in [0.3, 0.4) is 0 Å². The summed E-state index contributed by atoms with van der Waals surface area (Å²) in [6.07, 6.45) is 0.980. The molecule has 0 saturated heterocycles. The van der Waals surface area contributed by atoms with E-state index in [1.807, 2.05) is 36.4 Å². The molecule has 0 radical (unpaired) electrons. The zero-order valence-electron chi connectivity index (χ0n) is 13.4. The van der Waals surface area contributed by atoms with E-state index >= 15 is 0 Å². The largest absolute Gasteiger partial charge is 0.497 e. The van der Waals surface area contributed by atoms with Gasteiger partial charge in [-0.25, -0.2) is 4.39 Å². The molecule has 0 spiro atoms. The van der Waals surface area contributed by atoms with Crippen molar-refractivity contribution in [1.82, 2.24) is 0 Å². The normalized spacial score (nSPS) is 23.3. The lowest BCUT2D eigenvalue weighted by Gasteiger charge is -2.40. The van der Waals surface area contributed by atoms with Crippen molar-refractivity contribution in [2.75, 3.05) is 14.2 Å². The first-order valence-electron chi connectivity index (χ1n) is 7.71. The molecule has 0 unspecified atom stereocenters. The molecule has 0 aliphatic heterocycles. The zero-order valence-corrected chi connectivity index (χ0v) is 14.2. The molecule has 0 amide bonds. The number of halogens is 1. The number of rotatable bonds is 6. The highest BCUT2D eigenvalue weighted by molar-refractivity contribution is 7.98. The van der Waals surface area contributed by atoms with Gasteiger partial charge in [-0.1, -0.05) is 24.3 Å². The van der Waals surface area contributed by atoms with Gasteiger partial charge in [-0.05, 0) is 35.4 Å². The van der Waals surface area contributed by atoms with Gasteiger partial charge >= 0.3 is 0 Å². The van der Waals surface area contributed by atoms with Crippen LogP contribution in [0.5, 0.6) is 5.75 Å². The summed E-state index contributed by atoms with van der Waals surface area (Å²) in [5.41, 5.74) is 0.795. The van der Waals surface area contributed by atoms with E-state index in [0.29, 0.717) is 12.8 Å². The maximum absolute atomic E-state index is 14.6. The fourth-order valence-corrected chi connectivity index (χ4v) is 3.66. The smallest absolute Gasteiger partial charge is 0.140 e. The molecule has 1 fully saturated rings. The topological polar surface area (TPSA) is 18.5 Å². The molecule has 2 aromatic rings. The second-order valence-electron chi connectivity index (χ2n) is 5.89. The van der Waals surface area contributed by atoms with Gasteiger partial charge in [-0.15, -0.1) is 11.8 Å². The van der Waals surface area contributed by atoms with Gasteiger partial charge < -0.3 is 9.47 Å². The van der Waals surface area contributed by atoms with Gasteiger partial charge in [-0.3, -0.25) is 0 Å². The van der Waals surface area contributed by atoms with E-state index < -0.39 is 5.67 Å². The first-order chi connectivity index (χ1) is 11.1. The predicted molar refractivity (Wildman–Crippen MR) is 91.8 cm³/mol. The Bertz CT molecular complexity index is 633. The molecule has 0 N–H and O–H groups in total. The van der Waals surface area contributed by atoms with E-state index in [2.05, 4.69) is 12.1 Å². The summed E-state index contributed by atoms with van der Waals surface area (Å²) in [6.45, 7) is 0. The highest BCUT2D eigenvalue weighted by Crippen LogP contribution is 2.46. The third-order valence-corrected chi connectivity index (χ3v) is 5.46. The van der Waals surface area contributed by atoms with Crippen molar-refractivity contribution in [3.05, 3.63) is 59.7 Å². The Morgan fingerprint density at radius 1 is 1.04 bits per heavy atom. The van der Waals surface area contributed by atoms with Crippen LogP contribution in [0.1, 0.15) is 24.0 Å². The number of alkyl halides is 1. The van der Waals surface area contributed by atoms with Crippen LogP contribution < -0.4 is 4.74 Å². The average molecular weight is 332 g/mol. The molecule has 23 heavy (non-hydrogen) atoms. The third kappa shape index (κ3) is 3.70. The van der Waals surface area contributed by atoms with E-state index in [4.69, 9.17) is 9.47 Å². The lowest BCUT2D eigenvalue weighted by molar-refractivity contribution is -0.0822. The standard InChI is InChI=1S/C19H21FO2S/c1-21-16-7-3-14(4-8-16)13-23-18-9-5-15(6-10-18)19(20)11-17(12-19)22-2/h3-10,17H,11-13H2,1-2H3/t17-,19-. The highest BCUT2D eigenvalue weighted by Gasteiger charge is 2.46. The summed E-state index contributed by atoms with van der Waals surface area (Å²) in [6, 6.07) is 15.9. The van der Waals surface area contributed by atoms with Crippen LogP contribution in [-0.2, 0) is 16.2 Å². The Hall–Kier alpha value is -1.52. The molecule has 4 heteroatoms. The Balaban J connectivity index is 1.57. The first kappa shape index (κ1) is 16.3. The van der Waals surface area contributed by atoms with Crippen LogP contribution in [-0.4, -0.2) is 20.3 Å². The van der Waals surface area contributed by atoms with Gasteiger partial charge in [0.25, 0.3) is 0 Å². The summed E-state index contributed by atoms with van der Waals surface area (Å²) >= 11 is 1.75. The van der Waals surface area contributed by atoms with Crippen molar-refractivity contribution in [2.45, 2.75) is 35.3 Å². The molecule has 0 heterocycles. The lowest BCUT2D eigenvalue weighted by Crippen LogP contribution is -2.42. The monoisotopic (exact) mass is 332 g/mol. The molecule has 3 rings (SSSR count). The predicted octanol–water partition coefficient (Wildman–Crippen LogP) is 4.96. The van der Waals surface area contributed by atoms with Crippen molar-refractivity contribution < 1.29 is 13.9 Å². The van der Waals surface area contributed by atoms with Crippen molar-refractivity contribution in [2.24, 2.45) is 0 Å². The molecule has 1 aliphatic rings. The summed E-state index contributed by atoms with van der Waals surface area (Å²) < 4.78 is 25.0. The number of hydrogen-bond donors (Lipinski definition) is 0. The van der Waals surface area contributed by atoms with Gasteiger partial charge in [-0.2, -0.15) is 0 Å². The van der Waals surface area contributed by atoms with Crippen LogP contribution in [0, 0.1) is 0 Å².